The van der Waals surface area contributed by atoms with Gasteiger partial charge in [-0.05, 0) is 50.2 Å². The van der Waals surface area contributed by atoms with Crippen LogP contribution in [-0.2, 0) is 9.53 Å². The van der Waals surface area contributed by atoms with E-state index in [0.29, 0.717) is 11.4 Å². The molecule has 1 N–H and O–H groups in total. The molecular weight excluding hydrogens is 364 g/mol. The molecule has 7 heteroatoms. The SMILES string of the molecule is CCOC(=O)/C(N=Nc1ccc(OC)cc1)=C(/O)CSc1ccc(C)cc1. The van der Waals surface area contributed by atoms with Crippen molar-refractivity contribution >= 4 is 23.4 Å². The summed E-state index contributed by atoms with van der Waals surface area (Å²) < 4.78 is 10.1. The highest BCUT2D eigenvalue weighted by Gasteiger charge is 2.17. The summed E-state index contributed by atoms with van der Waals surface area (Å²) in [4.78, 5) is 13.1. The molecule has 0 aliphatic carbocycles. The third-order valence-electron chi connectivity index (χ3n) is 3.48. The van der Waals surface area contributed by atoms with E-state index < -0.39 is 5.97 Å². The number of aliphatic hydroxyl groups excluding tert-OH is 1. The minimum absolute atomic E-state index is 0.179. The van der Waals surface area contributed by atoms with Gasteiger partial charge >= 0.3 is 5.97 Å². The summed E-state index contributed by atoms with van der Waals surface area (Å²) in [6, 6.07) is 14.7. The zero-order valence-corrected chi connectivity index (χ0v) is 16.3. The molecule has 2 aromatic rings. The van der Waals surface area contributed by atoms with Gasteiger partial charge in [-0.25, -0.2) is 4.79 Å². The van der Waals surface area contributed by atoms with Crippen LogP contribution >= 0.6 is 11.8 Å². The molecule has 0 amide bonds. The topological polar surface area (TPSA) is 80.5 Å². The number of thioether (sulfide) groups is 1. The summed E-state index contributed by atoms with van der Waals surface area (Å²) in [5, 5.41) is 18.3. The number of benzene rings is 2. The normalized spacial score (nSPS) is 12.0. The molecule has 0 atom stereocenters. The second kappa shape index (κ2) is 10.4. The Bertz CT molecular complexity index is 815. The number of nitrogens with zero attached hydrogens (tertiary/aromatic N) is 2. The number of esters is 1. The van der Waals surface area contributed by atoms with E-state index in [9.17, 15) is 9.90 Å². The van der Waals surface area contributed by atoms with Gasteiger partial charge in [0.15, 0.2) is 0 Å². The largest absolute Gasteiger partial charge is 0.509 e. The molecule has 0 heterocycles. The summed E-state index contributed by atoms with van der Waals surface area (Å²) in [6.07, 6.45) is 0. The molecular formula is C20H22N2O4S. The summed E-state index contributed by atoms with van der Waals surface area (Å²) >= 11 is 1.39. The van der Waals surface area contributed by atoms with Crippen LogP contribution in [0, 0.1) is 6.92 Å². The molecule has 2 rings (SSSR count). The lowest BCUT2D eigenvalue weighted by Crippen LogP contribution is -2.09. The van der Waals surface area contributed by atoms with Crippen molar-refractivity contribution in [2.24, 2.45) is 10.2 Å². The first-order chi connectivity index (χ1) is 13.0. The standard InChI is InChI=1S/C20H22N2O4S/c1-4-26-20(24)19(22-21-15-7-9-16(25-3)10-8-15)18(23)13-27-17-11-5-14(2)6-12-17/h5-12,23H,4,13H2,1-3H3/b19-18-,22-21?. The molecule has 0 spiro atoms. The maximum absolute atomic E-state index is 12.1. The molecule has 0 saturated carbocycles. The molecule has 0 bridgehead atoms. The third kappa shape index (κ3) is 6.45. The van der Waals surface area contributed by atoms with Crippen LogP contribution in [0.15, 0.2) is 75.1 Å². The number of azo groups is 1. The molecule has 0 unspecified atom stereocenters. The Labute approximate surface area is 162 Å². The van der Waals surface area contributed by atoms with E-state index in [1.807, 2.05) is 31.2 Å². The highest BCUT2D eigenvalue weighted by molar-refractivity contribution is 7.99. The highest BCUT2D eigenvalue weighted by atomic mass is 32.2. The average Bonchev–Trinajstić information content (AvgIpc) is 2.68. The van der Waals surface area contributed by atoms with E-state index in [1.54, 1.807) is 38.3 Å². The Kier molecular flexibility index (Phi) is 7.88. The monoisotopic (exact) mass is 386 g/mol. The van der Waals surface area contributed by atoms with Gasteiger partial charge < -0.3 is 14.6 Å². The van der Waals surface area contributed by atoms with Gasteiger partial charge in [-0.1, -0.05) is 17.7 Å². The molecule has 0 aliphatic heterocycles. The van der Waals surface area contributed by atoms with Crippen LogP contribution in [0.25, 0.3) is 0 Å². The number of hydrogen-bond donors (Lipinski definition) is 1. The zero-order valence-electron chi connectivity index (χ0n) is 15.5. The first-order valence-corrected chi connectivity index (χ1v) is 9.36. The van der Waals surface area contributed by atoms with Gasteiger partial charge in [-0.15, -0.1) is 16.9 Å². The van der Waals surface area contributed by atoms with E-state index in [0.717, 1.165) is 10.5 Å². The number of carbonyl (C=O) groups excluding carboxylic acids is 1. The fourth-order valence-electron chi connectivity index (χ4n) is 2.03. The lowest BCUT2D eigenvalue weighted by molar-refractivity contribution is -0.138. The molecule has 2 aromatic carbocycles. The predicted molar refractivity (Wildman–Crippen MR) is 106 cm³/mol. The van der Waals surface area contributed by atoms with Gasteiger partial charge in [-0.2, -0.15) is 5.11 Å². The highest BCUT2D eigenvalue weighted by Crippen LogP contribution is 2.24. The van der Waals surface area contributed by atoms with Gasteiger partial charge in [0.2, 0.25) is 5.70 Å². The van der Waals surface area contributed by atoms with Gasteiger partial charge in [-0.3, -0.25) is 0 Å². The van der Waals surface area contributed by atoms with Crippen molar-refractivity contribution in [3.63, 3.8) is 0 Å². The van der Waals surface area contributed by atoms with Gasteiger partial charge in [0, 0.05) is 4.90 Å². The van der Waals surface area contributed by atoms with E-state index in [4.69, 9.17) is 9.47 Å². The van der Waals surface area contributed by atoms with Crippen LogP contribution in [0.1, 0.15) is 12.5 Å². The van der Waals surface area contributed by atoms with Gasteiger partial charge in [0.05, 0.1) is 25.2 Å². The number of methoxy groups -OCH3 is 1. The fourth-order valence-corrected chi connectivity index (χ4v) is 2.80. The zero-order chi connectivity index (χ0) is 19.6. The van der Waals surface area contributed by atoms with Crippen molar-refractivity contribution < 1.29 is 19.4 Å². The molecule has 0 radical (unpaired) electrons. The van der Waals surface area contributed by atoms with Crippen LogP contribution in [-0.4, -0.2) is 30.5 Å². The third-order valence-corrected chi connectivity index (χ3v) is 4.50. The Balaban J connectivity index is 2.17. The number of rotatable bonds is 8. The van der Waals surface area contributed by atoms with Crippen molar-refractivity contribution in [1.82, 2.24) is 0 Å². The van der Waals surface area contributed by atoms with Gasteiger partial charge in [0.1, 0.15) is 11.5 Å². The number of ether oxygens (including phenoxy) is 2. The summed E-state index contributed by atoms with van der Waals surface area (Å²) in [6.45, 7) is 3.87. The summed E-state index contributed by atoms with van der Waals surface area (Å²) in [5.74, 6) is -0.0285. The van der Waals surface area contributed by atoms with E-state index in [-0.39, 0.29) is 23.8 Å². The Hall–Kier alpha value is -2.80. The minimum Gasteiger partial charge on any atom is -0.509 e. The second-order valence-corrected chi connectivity index (χ2v) is 6.56. The van der Waals surface area contributed by atoms with E-state index in [1.165, 1.54) is 11.8 Å². The molecule has 0 saturated heterocycles. The number of aryl methyl sites for hydroxylation is 1. The first kappa shape index (κ1) is 20.5. The van der Waals surface area contributed by atoms with Crippen LogP contribution in [0.3, 0.4) is 0 Å². The Morgan fingerprint density at radius 2 is 1.78 bits per heavy atom. The van der Waals surface area contributed by atoms with Crippen molar-refractivity contribution in [3.8, 4) is 5.75 Å². The maximum atomic E-state index is 12.1. The number of aliphatic hydroxyl groups is 1. The molecule has 0 fully saturated rings. The quantitative estimate of drug-likeness (QED) is 0.221. The summed E-state index contributed by atoms with van der Waals surface area (Å²) in [7, 11) is 1.57. The molecule has 6 nitrogen and oxygen atoms in total. The second-order valence-electron chi connectivity index (χ2n) is 5.52. The van der Waals surface area contributed by atoms with Gasteiger partial charge in [0.25, 0.3) is 0 Å². The van der Waals surface area contributed by atoms with Crippen LogP contribution in [0.4, 0.5) is 5.69 Å². The first-order valence-electron chi connectivity index (χ1n) is 8.38. The van der Waals surface area contributed by atoms with Crippen molar-refractivity contribution in [2.75, 3.05) is 19.5 Å². The lowest BCUT2D eigenvalue weighted by atomic mass is 10.2. The van der Waals surface area contributed by atoms with Crippen LogP contribution < -0.4 is 4.74 Å². The lowest BCUT2D eigenvalue weighted by Gasteiger charge is -2.06. The average molecular weight is 386 g/mol. The molecule has 142 valence electrons. The Morgan fingerprint density at radius 1 is 1.11 bits per heavy atom. The smallest absolute Gasteiger partial charge is 0.362 e. The Morgan fingerprint density at radius 3 is 2.37 bits per heavy atom. The molecule has 0 aliphatic rings. The fraction of sp³-hybridized carbons (Fsp3) is 0.250. The molecule has 0 aromatic heterocycles. The van der Waals surface area contributed by atoms with Crippen molar-refractivity contribution in [2.45, 2.75) is 18.7 Å². The van der Waals surface area contributed by atoms with Crippen LogP contribution in [0.2, 0.25) is 0 Å². The predicted octanol–water partition coefficient (Wildman–Crippen LogP) is 5.21. The van der Waals surface area contributed by atoms with Crippen LogP contribution in [0.5, 0.6) is 5.75 Å². The maximum Gasteiger partial charge on any atom is 0.362 e. The van der Waals surface area contributed by atoms with Crippen molar-refractivity contribution in [3.05, 3.63) is 65.6 Å². The van der Waals surface area contributed by atoms with Crippen molar-refractivity contribution in [1.29, 1.82) is 0 Å². The minimum atomic E-state index is -0.711. The summed E-state index contributed by atoms with van der Waals surface area (Å²) in [5.41, 5.74) is 1.48. The number of carbonyl (C=O) groups is 1. The number of hydrogen-bond acceptors (Lipinski definition) is 7. The van der Waals surface area contributed by atoms with E-state index in [2.05, 4.69) is 10.2 Å². The molecule has 27 heavy (non-hydrogen) atoms. The van der Waals surface area contributed by atoms with E-state index >= 15 is 0 Å².